The summed E-state index contributed by atoms with van der Waals surface area (Å²) in [7, 11) is 0. The fraction of sp³-hybridized carbons (Fsp3) is 0.154. The van der Waals surface area contributed by atoms with Gasteiger partial charge in [-0.3, -0.25) is 4.79 Å². The van der Waals surface area contributed by atoms with Gasteiger partial charge in [-0.2, -0.15) is 4.68 Å². The molecule has 182 valence electrons. The summed E-state index contributed by atoms with van der Waals surface area (Å²) in [5.74, 6) is 0.890. The average Bonchev–Trinajstić information content (AvgIpc) is 3.33. The van der Waals surface area contributed by atoms with Gasteiger partial charge in [-0.1, -0.05) is 64.2 Å². The number of amides is 1. The predicted molar refractivity (Wildman–Crippen MR) is 139 cm³/mol. The zero-order valence-corrected chi connectivity index (χ0v) is 21.0. The Balaban J connectivity index is 1.39. The first-order valence-electron chi connectivity index (χ1n) is 11.2. The van der Waals surface area contributed by atoms with E-state index in [1.165, 1.54) is 0 Å². The maximum absolute atomic E-state index is 13.4. The Morgan fingerprint density at radius 3 is 2.50 bits per heavy atom. The number of aromatic nitrogens is 4. The van der Waals surface area contributed by atoms with Gasteiger partial charge in [0.1, 0.15) is 18.4 Å². The summed E-state index contributed by atoms with van der Waals surface area (Å²) in [4.78, 5) is 13.4. The molecular formula is C26H22Cl2N6O2. The third-order valence-corrected chi connectivity index (χ3v) is 6.59. The van der Waals surface area contributed by atoms with Crippen LogP contribution in [0.25, 0.3) is 0 Å². The highest BCUT2D eigenvalue weighted by Gasteiger charge is 2.34. The Hall–Kier alpha value is -3.88. The third kappa shape index (κ3) is 4.91. The number of hydrogen-bond acceptors (Lipinski definition) is 6. The van der Waals surface area contributed by atoms with E-state index in [-0.39, 0.29) is 5.91 Å². The Bertz CT molecular complexity index is 1450. The van der Waals surface area contributed by atoms with Gasteiger partial charge in [-0.25, -0.2) is 0 Å². The summed E-state index contributed by atoms with van der Waals surface area (Å²) in [5, 5.41) is 19.1. The van der Waals surface area contributed by atoms with Crippen molar-refractivity contribution in [1.29, 1.82) is 0 Å². The van der Waals surface area contributed by atoms with Crippen LogP contribution < -0.4 is 15.4 Å². The Labute approximate surface area is 217 Å². The number of halogens is 2. The van der Waals surface area contributed by atoms with Crippen LogP contribution in [0.5, 0.6) is 5.75 Å². The minimum atomic E-state index is -0.522. The molecule has 1 aliphatic heterocycles. The summed E-state index contributed by atoms with van der Waals surface area (Å²) in [6, 6.07) is 20.0. The van der Waals surface area contributed by atoms with Gasteiger partial charge < -0.3 is 15.4 Å². The zero-order chi connectivity index (χ0) is 25.2. The second-order valence-electron chi connectivity index (χ2n) is 8.44. The number of ether oxygens (including phenoxy) is 1. The lowest BCUT2D eigenvalue weighted by atomic mass is 9.95. The normalized spacial score (nSPS) is 14.7. The lowest BCUT2D eigenvalue weighted by molar-refractivity contribution is -0.113. The van der Waals surface area contributed by atoms with Crippen molar-refractivity contribution in [2.75, 3.05) is 10.6 Å². The summed E-state index contributed by atoms with van der Waals surface area (Å²) in [6.07, 6.45) is 0. The number of aryl methyl sites for hydroxylation is 1. The second-order valence-corrected chi connectivity index (χ2v) is 9.25. The van der Waals surface area contributed by atoms with Gasteiger partial charge in [0.25, 0.3) is 5.91 Å². The second kappa shape index (κ2) is 10.0. The number of tetrazole rings is 1. The average molecular weight is 521 g/mol. The molecule has 0 radical (unpaired) electrons. The highest BCUT2D eigenvalue weighted by molar-refractivity contribution is 6.42. The van der Waals surface area contributed by atoms with Crippen LogP contribution in [0.2, 0.25) is 10.0 Å². The number of nitrogens with one attached hydrogen (secondary N) is 2. The molecule has 1 unspecified atom stereocenters. The molecule has 8 nitrogen and oxygen atoms in total. The summed E-state index contributed by atoms with van der Waals surface area (Å²) in [6.45, 7) is 4.17. The van der Waals surface area contributed by atoms with Crippen LogP contribution in [0.3, 0.4) is 0 Å². The third-order valence-electron chi connectivity index (χ3n) is 5.85. The lowest BCUT2D eigenvalue weighted by Gasteiger charge is -2.28. The molecule has 10 heteroatoms. The van der Waals surface area contributed by atoms with Crippen LogP contribution in [0.4, 0.5) is 11.6 Å². The van der Waals surface area contributed by atoms with E-state index in [1.807, 2.05) is 68.4 Å². The van der Waals surface area contributed by atoms with Crippen LogP contribution in [0.1, 0.15) is 29.7 Å². The molecule has 0 saturated carbocycles. The van der Waals surface area contributed by atoms with E-state index < -0.39 is 6.04 Å². The van der Waals surface area contributed by atoms with Crippen molar-refractivity contribution in [2.24, 2.45) is 0 Å². The molecule has 5 rings (SSSR count). The minimum absolute atomic E-state index is 0.241. The van der Waals surface area contributed by atoms with E-state index >= 15 is 0 Å². The smallest absolute Gasteiger partial charge is 0.255 e. The van der Waals surface area contributed by atoms with Crippen molar-refractivity contribution in [2.45, 2.75) is 26.5 Å². The fourth-order valence-electron chi connectivity index (χ4n) is 3.99. The quantitative estimate of drug-likeness (QED) is 0.334. The van der Waals surface area contributed by atoms with Gasteiger partial charge in [0.15, 0.2) is 0 Å². The minimum Gasteiger partial charge on any atom is -0.489 e. The maximum Gasteiger partial charge on any atom is 0.255 e. The summed E-state index contributed by atoms with van der Waals surface area (Å²) < 4.78 is 7.52. The van der Waals surface area contributed by atoms with Crippen molar-refractivity contribution in [1.82, 2.24) is 20.2 Å². The number of fused-ring (bicyclic) bond motifs is 1. The molecule has 1 amide bonds. The number of allylic oxidation sites excluding steroid dienone is 1. The van der Waals surface area contributed by atoms with E-state index in [2.05, 4.69) is 26.2 Å². The van der Waals surface area contributed by atoms with Crippen LogP contribution in [0.15, 0.2) is 78.0 Å². The van der Waals surface area contributed by atoms with E-state index in [0.29, 0.717) is 45.3 Å². The number of rotatable bonds is 6. The van der Waals surface area contributed by atoms with E-state index in [4.69, 9.17) is 27.9 Å². The largest absolute Gasteiger partial charge is 0.489 e. The van der Waals surface area contributed by atoms with Gasteiger partial charge in [0.05, 0.1) is 15.6 Å². The van der Waals surface area contributed by atoms with Crippen molar-refractivity contribution in [3.63, 3.8) is 0 Å². The van der Waals surface area contributed by atoms with E-state index in [1.54, 1.807) is 16.8 Å². The summed E-state index contributed by atoms with van der Waals surface area (Å²) in [5.41, 5.74) is 4.74. The van der Waals surface area contributed by atoms with E-state index in [9.17, 15) is 4.79 Å². The number of hydrogen-bond donors (Lipinski definition) is 2. The van der Waals surface area contributed by atoms with Crippen LogP contribution in [0, 0.1) is 6.92 Å². The fourth-order valence-corrected chi connectivity index (χ4v) is 4.31. The molecule has 1 atom stereocenters. The monoisotopic (exact) mass is 520 g/mol. The first kappa shape index (κ1) is 23.8. The molecule has 1 aliphatic rings. The number of anilines is 2. The highest BCUT2D eigenvalue weighted by atomic mass is 35.5. The SMILES string of the molecule is CC1=C(C(=O)Nc2ccc(C)cc2)C(c2ccc(OCc3ccc(Cl)c(Cl)c3)cc2)n2nnnc2N1. The molecular weight excluding hydrogens is 499 g/mol. The van der Waals surface area contributed by atoms with Crippen LogP contribution in [-0.2, 0) is 11.4 Å². The number of nitrogens with zero attached hydrogens (tertiary/aromatic N) is 4. The van der Waals surface area contributed by atoms with Crippen molar-refractivity contribution in [3.8, 4) is 5.75 Å². The maximum atomic E-state index is 13.4. The van der Waals surface area contributed by atoms with Gasteiger partial charge in [-0.15, -0.1) is 0 Å². The molecule has 0 aliphatic carbocycles. The Kier molecular flexibility index (Phi) is 6.63. The molecule has 0 spiro atoms. The van der Waals surface area contributed by atoms with Gasteiger partial charge in [-0.05, 0) is 71.8 Å². The van der Waals surface area contributed by atoms with Crippen LogP contribution >= 0.6 is 23.2 Å². The highest BCUT2D eigenvalue weighted by Crippen LogP contribution is 2.35. The van der Waals surface area contributed by atoms with Crippen molar-refractivity contribution >= 4 is 40.7 Å². The molecule has 1 aromatic heterocycles. The van der Waals surface area contributed by atoms with Crippen molar-refractivity contribution < 1.29 is 9.53 Å². The molecule has 2 heterocycles. The zero-order valence-electron chi connectivity index (χ0n) is 19.5. The lowest BCUT2D eigenvalue weighted by Crippen LogP contribution is -2.31. The standard InChI is InChI=1S/C26H22Cl2N6O2/c1-15-3-8-19(9-4-15)30-25(35)23-16(2)29-26-31-32-33-34(26)24(23)18-6-10-20(11-7-18)36-14-17-5-12-21(27)22(28)13-17/h3-13,24H,14H2,1-2H3,(H,30,35)(H,29,31,33). The molecule has 3 aromatic carbocycles. The van der Waals surface area contributed by atoms with Gasteiger partial charge in [0.2, 0.25) is 5.95 Å². The first-order chi connectivity index (χ1) is 17.4. The Morgan fingerprint density at radius 1 is 1.03 bits per heavy atom. The molecule has 4 aromatic rings. The number of carbonyl (C=O) groups is 1. The molecule has 0 fully saturated rings. The summed E-state index contributed by atoms with van der Waals surface area (Å²) >= 11 is 12.1. The molecule has 2 N–H and O–H groups in total. The molecule has 0 saturated heterocycles. The van der Waals surface area contributed by atoms with E-state index in [0.717, 1.165) is 16.7 Å². The number of benzene rings is 3. The van der Waals surface area contributed by atoms with Crippen LogP contribution in [-0.4, -0.2) is 26.1 Å². The van der Waals surface area contributed by atoms with Gasteiger partial charge >= 0.3 is 0 Å². The predicted octanol–water partition coefficient (Wildman–Crippen LogP) is 5.79. The number of carbonyl (C=O) groups excluding carboxylic acids is 1. The molecule has 36 heavy (non-hydrogen) atoms. The Morgan fingerprint density at radius 2 is 1.78 bits per heavy atom. The van der Waals surface area contributed by atoms with Crippen molar-refractivity contribution in [3.05, 3.63) is 105 Å². The first-order valence-corrected chi connectivity index (χ1v) is 11.9. The van der Waals surface area contributed by atoms with Gasteiger partial charge in [0, 0.05) is 11.4 Å². The molecule has 0 bridgehead atoms. The topological polar surface area (TPSA) is 94.0 Å².